The quantitative estimate of drug-likeness (QED) is 0.163. The van der Waals surface area contributed by atoms with Crippen LogP contribution in [0.1, 0.15) is 12.3 Å². The second-order valence-electron chi connectivity index (χ2n) is 12.6. The first-order valence-electron chi connectivity index (χ1n) is 21.5. The Morgan fingerprint density at radius 1 is 0.385 bits per heavy atom. The number of anilines is 3. The molecular formula is C50H33NO. The van der Waals surface area contributed by atoms with E-state index in [0.29, 0.717) is 27.5 Å². The van der Waals surface area contributed by atoms with E-state index >= 15 is 0 Å². The number of benzene rings is 9. The van der Waals surface area contributed by atoms with E-state index in [1.807, 2.05) is 84.9 Å². The molecule has 0 amide bonds. The molecule has 0 aliphatic heterocycles. The van der Waals surface area contributed by atoms with Crippen LogP contribution >= 0.6 is 0 Å². The lowest BCUT2D eigenvalue weighted by Crippen LogP contribution is -2.10. The zero-order valence-electron chi connectivity index (χ0n) is 36.7. The molecule has 0 radical (unpaired) electrons. The summed E-state index contributed by atoms with van der Waals surface area (Å²) in [6, 6.07) is 42.0. The van der Waals surface area contributed by atoms with Crippen molar-refractivity contribution in [1.82, 2.24) is 0 Å². The van der Waals surface area contributed by atoms with Crippen molar-refractivity contribution in [3.8, 4) is 33.4 Å². The Hall–Kier alpha value is -6.90. The average molecular weight is 673 g/mol. The predicted molar refractivity (Wildman–Crippen MR) is 220 cm³/mol. The minimum atomic E-state index is -0.607. The maximum Gasteiger partial charge on any atom is 0.137 e. The number of hydrogen-bond acceptors (Lipinski definition) is 2. The fourth-order valence-corrected chi connectivity index (χ4v) is 7.37. The van der Waals surface area contributed by atoms with Crippen molar-refractivity contribution in [2.75, 3.05) is 4.90 Å². The van der Waals surface area contributed by atoms with E-state index in [2.05, 4.69) is 36.4 Å². The number of nitrogens with zero attached hydrogens (tertiary/aromatic N) is 1. The number of furan rings is 1. The highest BCUT2D eigenvalue weighted by Gasteiger charge is 2.20. The lowest BCUT2D eigenvalue weighted by Gasteiger charge is -2.26. The Morgan fingerprint density at radius 3 is 1.69 bits per heavy atom. The molecule has 0 saturated heterocycles. The molecule has 2 nitrogen and oxygen atoms in total. The number of hydrogen-bond donors (Lipinski definition) is 0. The molecule has 0 saturated carbocycles. The van der Waals surface area contributed by atoms with Crippen LogP contribution in [0, 0.1) is 0 Å². The Kier molecular flexibility index (Phi) is 5.28. The topological polar surface area (TPSA) is 16.4 Å². The SMILES string of the molecule is [2H]c1c([2H])c([2H])c(N(c2c([2H])c([2H])c(-c3ccc4c(c3)c(-c3ccccc3)c(-c3ccccc3)c3ccccc34)c([2H])c2[2H])c2cccc3oc4ccccc4c23)c([2H])c1[2H]. The van der Waals surface area contributed by atoms with E-state index in [0.717, 1.165) is 43.8 Å². The molecule has 1 aromatic heterocycles. The van der Waals surface area contributed by atoms with Crippen molar-refractivity contribution in [3.05, 3.63) is 200 Å². The molecule has 0 aliphatic rings. The van der Waals surface area contributed by atoms with E-state index in [4.69, 9.17) is 11.3 Å². The van der Waals surface area contributed by atoms with Gasteiger partial charge < -0.3 is 9.32 Å². The summed E-state index contributed by atoms with van der Waals surface area (Å²) in [4.78, 5) is 1.27. The largest absolute Gasteiger partial charge is 0.456 e. The second kappa shape index (κ2) is 12.5. The van der Waals surface area contributed by atoms with Gasteiger partial charge in [0.05, 0.1) is 23.4 Å². The van der Waals surface area contributed by atoms with Crippen LogP contribution in [0.15, 0.2) is 204 Å². The van der Waals surface area contributed by atoms with E-state index in [1.54, 1.807) is 24.3 Å². The highest BCUT2D eigenvalue weighted by atomic mass is 16.3. The number of para-hydroxylation sites is 2. The van der Waals surface area contributed by atoms with Gasteiger partial charge in [-0.1, -0.05) is 152 Å². The van der Waals surface area contributed by atoms with E-state index in [9.17, 15) is 5.48 Å². The minimum Gasteiger partial charge on any atom is -0.456 e. The Balaban J connectivity index is 1.28. The molecule has 0 spiro atoms. The molecule has 1 heterocycles. The van der Waals surface area contributed by atoms with Crippen LogP contribution in [-0.4, -0.2) is 0 Å². The lowest BCUT2D eigenvalue weighted by molar-refractivity contribution is 0.669. The van der Waals surface area contributed by atoms with Crippen LogP contribution in [0.5, 0.6) is 0 Å². The zero-order valence-corrected chi connectivity index (χ0v) is 27.7. The van der Waals surface area contributed by atoms with Crippen LogP contribution in [0.4, 0.5) is 17.1 Å². The summed E-state index contributed by atoms with van der Waals surface area (Å²) in [5.74, 6) is 0. The molecule has 52 heavy (non-hydrogen) atoms. The van der Waals surface area contributed by atoms with Gasteiger partial charge in [0.1, 0.15) is 11.2 Å². The molecule has 2 heteroatoms. The average Bonchev–Trinajstić information content (AvgIpc) is 3.68. The molecule has 9 aromatic carbocycles. The number of fused-ring (bicyclic) bond motifs is 6. The fourth-order valence-electron chi connectivity index (χ4n) is 7.37. The normalized spacial score (nSPS) is 13.9. The molecule has 10 rings (SSSR count). The van der Waals surface area contributed by atoms with Gasteiger partial charge in [-0.3, -0.25) is 0 Å². The lowest BCUT2D eigenvalue weighted by atomic mass is 9.84. The van der Waals surface area contributed by atoms with E-state index < -0.39 is 42.3 Å². The van der Waals surface area contributed by atoms with E-state index in [-0.39, 0.29) is 34.7 Å². The maximum absolute atomic E-state index is 9.66. The molecule has 0 fully saturated rings. The molecule has 244 valence electrons. The van der Waals surface area contributed by atoms with Gasteiger partial charge in [-0.05, 0) is 103 Å². The van der Waals surface area contributed by atoms with Gasteiger partial charge in [-0.15, -0.1) is 0 Å². The van der Waals surface area contributed by atoms with Gasteiger partial charge in [-0.25, -0.2) is 0 Å². The molecule has 10 aromatic rings. The fraction of sp³-hybridized carbons (Fsp3) is 0. The van der Waals surface area contributed by atoms with Crippen molar-refractivity contribution in [1.29, 1.82) is 0 Å². The van der Waals surface area contributed by atoms with Crippen LogP contribution in [-0.2, 0) is 0 Å². The summed E-state index contributed by atoms with van der Waals surface area (Å²) in [6.07, 6.45) is 0. The van der Waals surface area contributed by atoms with Gasteiger partial charge >= 0.3 is 0 Å². The van der Waals surface area contributed by atoms with Gasteiger partial charge in [0.25, 0.3) is 0 Å². The predicted octanol–water partition coefficient (Wildman–Crippen LogP) is 14.4. The standard InChI is InChI=1S/C50H33NO/c1-4-15-35(16-5-1)48-42-22-11-10-21-40(42)41-32-29-37(33-44(41)49(48)36-17-6-2-7-18-36)34-27-30-39(31-28-34)51(38-19-8-3-9-20-38)45-24-14-26-47-50(45)43-23-12-13-25-46(43)52-47/h1-33H/i3D,8D,9D,19D,20D,27D,28D,30D,31D. The van der Waals surface area contributed by atoms with Gasteiger partial charge in [-0.2, -0.15) is 0 Å². The van der Waals surface area contributed by atoms with Crippen LogP contribution in [0.3, 0.4) is 0 Å². The third-order valence-corrected chi connectivity index (χ3v) is 9.61. The Bertz CT molecular complexity index is 3360. The Labute approximate surface area is 315 Å². The smallest absolute Gasteiger partial charge is 0.137 e. The highest BCUT2D eigenvalue weighted by Crippen LogP contribution is 2.46. The van der Waals surface area contributed by atoms with Crippen molar-refractivity contribution in [2.45, 2.75) is 0 Å². The van der Waals surface area contributed by atoms with Crippen LogP contribution in [0.25, 0.3) is 76.9 Å². The molecule has 0 unspecified atom stereocenters. The molecule has 0 bridgehead atoms. The van der Waals surface area contributed by atoms with Crippen molar-refractivity contribution >= 4 is 60.5 Å². The number of rotatable bonds is 6. The van der Waals surface area contributed by atoms with Crippen LogP contribution < -0.4 is 4.90 Å². The first-order chi connectivity index (χ1) is 29.6. The van der Waals surface area contributed by atoms with E-state index in [1.165, 1.54) is 4.90 Å². The molecule has 0 N–H and O–H groups in total. The van der Waals surface area contributed by atoms with Crippen molar-refractivity contribution in [3.63, 3.8) is 0 Å². The monoisotopic (exact) mass is 672 g/mol. The van der Waals surface area contributed by atoms with Gasteiger partial charge in [0.15, 0.2) is 0 Å². The summed E-state index contributed by atoms with van der Waals surface area (Å²) in [5, 5.41) is 5.07. The van der Waals surface area contributed by atoms with Gasteiger partial charge in [0, 0.05) is 16.8 Å². The van der Waals surface area contributed by atoms with Crippen molar-refractivity contribution in [2.24, 2.45) is 0 Å². The Morgan fingerprint density at radius 2 is 0.962 bits per heavy atom. The zero-order chi connectivity index (χ0) is 42.3. The third kappa shape index (κ3) is 4.96. The third-order valence-electron chi connectivity index (χ3n) is 9.61. The highest BCUT2D eigenvalue weighted by molar-refractivity contribution is 6.22. The van der Waals surface area contributed by atoms with Gasteiger partial charge in [0.2, 0.25) is 0 Å². The molecule has 0 atom stereocenters. The van der Waals surface area contributed by atoms with Crippen molar-refractivity contribution < 1.29 is 16.8 Å². The summed E-state index contributed by atoms with van der Waals surface area (Å²) >= 11 is 0. The summed E-state index contributed by atoms with van der Waals surface area (Å²) in [5.41, 5.74) is 5.11. The summed E-state index contributed by atoms with van der Waals surface area (Å²) < 4.78 is 88.4. The first kappa shape index (κ1) is 22.0. The summed E-state index contributed by atoms with van der Waals surface area (Å²) in [7, 11) is 0. The second-order valence-corrected chi connectivity index (χ2v) is 12.6. The molecule has 0 aliphatic carbocycles. The minimum absolute atomic E-state index is 0.0575. The molecular weight excluding hydrogens is 631 g/mol. The van der Waals surface area contributed by atoms with Crippen LogP contribution in [0.2, 0.25) is 0 Å². The maximum atomic E-state index is 9.66. The first-order valence-corrected chi connectivity index (χ1v) is 17.0. The summed E-state index contributed by atoms with van der Waals surface area (Å²) in [6.45, 7) is 0.